The van der Waals surface area contributed by atoms with E-state index in [9.17, 15) is 4.79 Å². The summed E-state index contributed by atoms with van der Waals surface area (Å²) in [5.41, 5.74) is 1.93. The van der Waals surface area contributed by atoms with Crippen LogP contribution in [0.3, 0.4) is 0 Å². The summed E-state index contributed by atoms with van der Waals surface area (Å²) in [6.07, 6.45) is 3.93. The molecule has 6 nitrogen and oxygen atoms in total. The standard InChI is InChI=1S/C19H24N4O2/c1-12-17(14-7-9-23(12)10-8-14)22-18(24)19-21-11-16(25-19)13-3-5-15(20-2)6-4-13/h3-6,11-12,14,17,20H,7-10H2,1-2H3,(H,22,24). The van der Waals surface area contributed by atoms with E-state index in [-0.39, 0.29) is 17.8 Å². The molecule has 2 atom stereocenters. The molecular formula is C19H24N4O2. The lowest BCUT2D eigenvalue weighted by Gasteiger charge is -2.49. The summed E-state index contributed by atoms with van der Waals surface area (Å²) in [6, 6.07) is 8.38. The van der Waals surface area contributed by atoms with Gasteiger partial charge in [-0.2, -0.15) is 0 Å². The predicted molar refractivity (Wildman–Crippen MR) is 96.5 cm³/mol. The minimum absolute atomic E-state index is 0.135. The first kappa shape index (κ1) is 16.1. The maximum atomic E-state index is 12.6. The Hall–Kier alpha value is -2.34. The van der Waals surface area contributed by atoms with Gasteiger partial charge < -0.3 is 15.1 Å². The third-order valence-electron chi connectivity index (χ3n) is 5.63. The fourth-order valence-electron chi connectivity index (χ4n) is 4.07. The Kier molecular flexibility index (Phi) is 4.21. The Balaban J connectivity index is 1.47. The van der Waals surface area contributed by atoms with E-state index in [1.807, 2.05) is 31.3 Å². The predicted octanol–water partition coefficient (Wildman–Crippen LogP) is 2.60. The van der Waals surface area contributed by atoms with Crippen molar-refractivity contribution in [3.8, 4) is 11.3 Å². The second-order valence-electron chi connectivity index (χ2n) is 6.97. The Labute approximate surface area is 147 Å². The van der Waals surface area contributed by atoms with Crippen molar-refractivity contribution in [3.63, 3.8) is 0 Å². The quantitative estimate of drug-likeness (QED) is 0.895. The van der Waals surface area contributed by atoms with Gasteiger partial charge >= 0.3 is 5.91 Å². The number of aromatic nitrogens is 1. The molecule has 4 heterocycles. The summed E-state index contributed by atoms with van der Waals surface area (Å²) < 4.78 is 5.70. The number of carbonyl (C=O) groups is 1. The fourth-order valence-corrected chi connectivity index (χ4v) is 4.07. The lowest BCUT2D eigenvalue weighted by atomic mass is 9.79. The van der Waals surface area contributed by atoms with E-state index in [2.05, 4.69) is 27.4 Å². The van der Waals surface area contributed by atoms with Crippen molar-refractivity contribution in [2.24, 2.45) is 5.92 Å². The number of anilines is 1. The molecule has 2 aromatic rings. The minimum Gasteiger partial charge on any atom is -0.432 e. The monoisotopic (exact) mass is 340 g/mol. The smallest absolute Gasteiger partial charge is 0.307 e. The van der Waals surface area contributed by atoms with E-state index < -0.39 is 0 Å². The highest BCUT2D eigenvalue weighted by molar-refractivity contribution is 5.90. The van der Waals surface area contributed by atoms with Crippen LogP contribution in [0.4, 0.5) is 5.69 Å². The zero-order chi connectivity index (χ0) is 17.4. The first-order valence-electron chi connectivity index (χ1n) is 8.94. The number of oxazole rings is 1. The number of rotatable bonds is 4. The van der Waals surface area contributed by atoms with Crippen LogP contribution >= 0.6 is 0 Å². The molecule has 2 unspecified atom stereocenters. The van der Waals surface area contributed by atoms with Gasteiger partial charge in [0.25, 0.3) is 5.89 Å². The van der Waals surface area contributed by atoms with Gasteiger partial charge in [-0.1, -0.05) is 0 Å². The summed E-state index contributed by atoms with van der Waals surface area (Å²) in [7, 11) is 1.88. The molecule has 6 heteroatoms. The maximum absolute atomic E-state index is 12.6. The number of hydrogen-bond donors (Lipinski definition) is 2. The van der Waals surface area contributed by atoms with Crippen molar-refractivity contribution in [3.05, 3.63) is 36.4 Å². The van der Waals surface area contributed by atoms with Gasteiger partial charge in [0.15, 0.2) is 5.76 Å². The topological polar surface area (TPSA) is 70.4 Å². The number of fused-ring (bicyclic) bond motifs is 3. The average molecular weight is 340 g/mol. The highest BCUT2D eigenvalue weighted by Gasteiger charge is 2.40. The molecular weight excluding hydrogens is 316 g/mol. The lowest BCUT2D eigenvalue weighted by molar-refractivity contribution is 0.0210. The second-order valence-corrected chi connectivity index (χ2v) is 6.97. The first-order chi connectivity index (χ1) is 12.2. The Morgan fingerprint density at radius 1 is 1.24 bits per heavy atom. The molecule has 1 aromatic heterocycles. The normalized spacial score (nSPS) is 27.9. The molecule has 0 saturated carbocycles. The third-order valence-corrected chi connectivity index (χ3v) is 5.63. The summed E-state index contributed by atoms with van der Waals surface area (Å²) >= 11 is 0. The summed E-state index contributed by atoms with van der Waals surface area (Å²) in [6.45, 7) is 4.48. The molecule has 2 bridgehead atoms. The van der Waals surface area contributed by atoms with Crippen LogP contribution in [0.5, 0.6) is 0 Å². The number of piperidine rings is 3. The van der Waals surface area contributed by atoms with E-state index in [1.54, 1.807) is 6.20 Å². The number of benzene rings is 1. The SMILES string of the molecule is CNc1ccc(-c2cnc(C(=O)NC3C4CCN(CC4)C3C)o2)cc1. The van der Waals surface area contributed by atoms with Crippen molar-refractivity contribution < 1.29 is 9.21 Å². The van der Waals surface area contributed by atoms with Crippen LogP contribution in [-0.4, -0.2) is 48.0 Å². The van der Waals surface area contributed by atoms with Crippen molar-refractivity contribution in [1.29, 1.82) is 0 Å². The average Bonchev–Trinajstić information content (AvgIpc) is 3.15. The van der Waals surface area contributed by atoms with Crippen LogP contribution in [0.1, 0.15) is 30.5 Å². The Morgan fingerprint density at radius 2 is 1.96 bits per heavy atom. The molecule has 3 aliphatic heterocycles. The van der Waals surface area contributed by atoms with Crippen LogP contribution in [0, 0.1) is 5.92 Å². The molecule has 132 valence electrons. The Morgan fingerprint density at radius 3 is 2.60 bits per heavy atom. The first-order valence-corrected chi connectivity index (χ1v) is 8.94. The molecule has 0 aliphatic carbocycles. The van der Waals surface area contributed by atoms with Crippen LogP contribution in [0.2, 0.25) is 0 Å². The number of hydrogen-bond acceptors (Lipinski definition) is 5. The van der Waals surface area contributed by atoms with Gasteiger partial charge in [-0.15, -0.1) is 0 Å². The van der Waals surface area contributed by atoms with Crippen LogP contribution in [0.25, 0.3) is 11.3 Å². The molecule has 1 amide bonds. The summed E-state index contributed by atoms with van der Waals surface area (Å²) in [4.78, 5) is 19.2. The number of nitrogens with zero attached hydrogens (tertiary/aromatic N) is 2. The molecule has 1 aromatic carbocycles. The van der Waals surface area contributed by atoms with E-state index in [1.165, 1.54) is 0 Å². The van der Waals surface area contributed by atoms with Gasteiger partial charge in [-0.3, -0.25) is 9.69 Å². The van der Waals surface area contributed by atoms with Crippen molar-refractivity contribution in [1.82, 2.24) is 15.2 Å². The molecule has 2 N–H and O–H groups in total. The van der Waals surface area contributed by atoms with Crippen LogP contribution < -0.4 is 10.6 Å². The molecule has 3 saturated heterocycles. The van der Waals surface area contributed by atoms with Gasteiger partial charge in [-0.05, 0) is 63.0 Å². The molecule has 0 radical (unpaired) electrons. The van der Waals surface area contributed by atoms with Gasteiger partial charge in [-0.25, -0.2) is 4.98 Å². The summed E-state index contributed by atoms with van der Waals surface area (Å²) in [5.74, 6) is 1.09. The molecule has 5 rings (SSSR count). The number of carbonyl (C=O) groups excluding carboxylic acids is 1. The second kappa shape index (κ2) is 6.52. The van der Waals surface area contributed by atoms with Gasteiger partial charge in [0.2, 0.25) is 0 Å². The van der Waals surface area contributed by atoms with E-state index >= 15 is 0 Å². The van der Waals surface area contributed by atoms with Crippen LogP contribution in [-0.2, 0) is 0 Å². The van der Waals surface area contributed by atoms with E-state index in [4.69, 9.17) is 4.42 Å². The van der Waals surface area contributed by atoms with Crippen molar-refractivity contribution in [2.45, 2.75) is 31.8 Å². The fraction of sp³-hybridized carbons (Fsp3) is 0.474. The lowest BCUT2D eigenvalue weighted by Crippen LogP contribution is -2.62. The number of amides is 1. The van der Waals surface area contributed by atoms with Crippen LogP contribution in [0.15, 0.2) is 34.9 Å². The molecule has 3 fully saturated rings. The zero-order valence-electron chi connectivity index (χ0n) is 14.7. The number of nitrogens with one attached hydrogen (secondary N) is 2. The highest BCUT2D eigenvalue weighted by Crippen LogP contribution is 2.32. The van der Waals surface area contributed by atoms with E-state index in [0.717, 1.165) is 37.2 Å². The largest absolute Gasteiger partial charge is 0.432 e. The van der Waals surface area contributed by atoms with Crippen molar-refractivity contribution in [2.75, 3.05) is 25.5 Å². The van der Waals surface area contributed by atoms with Gasteiger partial charge in [0.05, 0.1) is 6.20 Å². The molecule has 25 heavy (non-hydrogen) atoms. The van der Waals surface area contributed by atoms with E-state index in [0.29, 0.717) is 17.7 Å². The van der Waals surface area contributed by atoms with Gasteiger partial charge in [0, 0.05) is 30.4 Å². The third kappa shape index (κ3) is 3.02. The van der Waals surface area contributed by atoms with Crippen molar-refractivity contribution >= 4 is 11.6 Å². The molecule has 0 spiro atoms. The minimum atomic E-state index is -0.219. The Bertz CT molecular complexity index is 745. The highest BCUT2D eigenvalue weighted by atomic mass is 16.4. The maximum Gasteiger partial charge on any atom is 0.307 e. The van der Waals surface area contributed by atoms with Gasteiger partial charge in [0.1, 0.15) is 0 Å². The zero-order valence-corrected chi connectivity index (χ0v) is 14.7. The summed E-state index contributed by atoms with van der Waals surface area (Å²) in [5, 5.41) is 6.23. The molecule has 3 aliphatic rings.